The van der Waals surface area contributed by atoms with Crippen molar-refractivity contribution in [3.05, 3.63) is 34.8 Å². The Morgan fingerprint density at radius 3 is 2.59 bits per heavy atom. The molecule has 3 heterocycles. The highest BCUT2D eigenvalue weighted by Crippen LogP contribution is 2.37. The van der Waals surface area contributed by atoms with Crippen LogP contribution in [0.3, 0.4) is 0 Å². The molecule has 170 valence electrons. The van der Waals surface area contributed by atoms with Gasteiger partial charge in [-0.15, -0.1) is 11.3 Å². The molecule has 32 heavy (non-hydrogen) atoms. The zero-order valence-electron chi connectivity index (χ0n) is 18.1. The SMILES string of the molecule is COc1cc2c(cc1OC)CN1C(=O)N(CCCCCC(=O)Nc3nccs3)C(=O)[C@H]1C2. The van der Waals surface area contributed by atoms with Crippen LogP contribution in [0.15, 0.2) is 23.7 Å². The first-order valence-electron chi connectivity index (χ1n) is 10.6. The predicted octanol–water partition coefficient (Wildman–Crippen LogP) is 3.05. The maximum absolute atomic E-state index is 12.9. The van der Waals surface area contributed by atoms with Gasteiger partial charge in [0, 0.05) is 37.5 Å². The van der Waals surface area contributed by atoms with Crippen LogP contribution in [0.4, 0.5) is 9.93 Å². The van der Waals surface area contributed by atoms with Crippen molar-refractivity contribution in [2.24, 2.45) is 0 Å². The largest absolute Gasteiger partial charge is 0.493 e. The molecular weight excluding hydrogens is 432 g/mol. The molecule has 1 aromatic heterocycles. The molecule has 0 saturated carbocycles. The monoisotopic (exact) mass is 458 g/mol. The van der Waals surface area contributed by atoms with Crippen LogP contribution in [0, 0.1) is 0 Å². The number of carbonyl (C=O) groups excluding carboxylic acids is 3. The lowest BCUT2D eigenvalue weighted by Gasteiger charge is -2.29. The van der Waals surface area contributed by atoms with Crippen molar-refractivity contribution in [1.29, 1.82) is 0 Å². The predicted molar refractivity (Wildman–Crippen MR) is 119 cm³/mol. The number of amides is 4. The average Bonchev–Trinajstić information content (AvgIpc) is 3.38. The van der Waals surface area contributed by atoms with Crippen LogP contribution in [0.1, 0.15) is 36.8 Å². The van der Waals surface area contributed by atoms with Crippen molar-refractivity contribution in [2.45, 2.75) is 44.7 Å². The summed E-state index contributed by atoms with van der Waals surface area (Å²) in [6.45, 7) is 0.736. The van der Waals surface area contributed by atoms with E-state index in [0.29, 0.717) is 55.4 Å². The van der Waals surface area contributed by atoms with Crippen LogP contribution in [0.25, 0.3) is 0 Å². The molecule has 10 heteroatoms. The molecule has 1 atom stereocenters. The van der Waals surface area contributed by atoms with E-state index in [2.05, 4.69) is 10.3 Å². The third-order valence-electron chi connectivity index (χ3n) is 5.83. The van der Waals surface area contributed by atoms with Gasteiger partial charge < -0.3 is 19.7 Å². The third-order valence-corrected chi connectivity index (χ3v) is 6.52. The minimum atomic E-state index is -0.475. The number of nitrogens with one attached hydrogen (secondary N) is 1. The summed E-state index contributed by atoms with van der Waals surface area (Å²) in [6, 6.07) is 3.05. The molecule has 1 N–H and O–H groups in total. The van der Waals surface area contributed by atoms with E-state index < -0.39 is 6.04 Å². The molecule has 2 aromatic rings. The number of rotatable bonds is 9. The van der Waals surface area contributed by atoms with Gasteiger partial charge in [-0.1, -0.05) is 6.42 Å². The lowest BCUT2D eigenvalue weighted by Crippen LogP contribution is -2.40. The van der Waals surface area contributed by atoms with E-state index >= 15 is 0 Å². The fraction of sp³-hybridized carbons (Fsp3) is 0.455. The second-order valence-corrected chi connectivity index (χ2v) is 8.69. The van der Waals surface area contributed by atoms with Crippen molar-refractivity contribution in [3.63, 3.8) is 0 Å². The molecule has 2 aliphatic heterocycles. The number of anilines is 1. The van der Waals surface area contributed by atoms with Gasteiger partial charge in [-0.2, -0.15) is 0 Å². The number of carbonyl (C=O) groups is 3. The van der Waals surface area contributed by atoms with Crippen molar-refractivity contribution in [1.82, 2.24) is 14.8 Å². The van der Waals surface area contributed by atoms with Gasteiger partial charge in [-0.3, -0.25) is 14.5 Å². The van der Waals surface area contributed by atoms with Crippen molar-refractivity contribution in [2.75, 3.05) is 26.1 Å². The van der Waals surface area contributed by atoms with E-state index in [4.69, 9.17) is 9.47 Å². The number of unbranched alkanes of at least 4 members (excludes halogenated alkanes) is 2. The molecule has 2 aliphatic rings. The molecule has 1 aromatic carbocycles. The number of hydrogen-bond donors (Lipinski definition) is 1. The molecule has 0 radical (unpaired) electrons. The Labute approximate surface area is 190 Å². The first kappa shape index (κ1) is 22.1. The Kier molecular flexibility index (Phi) is 6.59. The number of benzene rings is 1. The zero-order valence-corrected chi connectivity index (χ0v) is 18.9. The second kappa shape index (κ2) is 9.56. The molecule has 1 saturated heterocycles. The maximum atomic E-state index is 12.9. The summed E-state index contributed by atoms with van der Waals surface area (Å²) in [5.41, 5.74) is 1.96. The van der Waals surface area contributed by atoms with E-state index in [1.54, 1.807) is 30.7 Å². The Morgan fingerprint density at radius 2 is 1.91 bits per heavy atom. The van der Waals surface area contributed by atoms with Gasteiger partial charge in [0.05, 0.1) is 14.2 Å². The number of ether oxygens (including phenoxy) is 2. The molecule has 0 spiro atoms. The van der Waals surface area contributed by atoms with E-state index in [0.717, 1.165) is 17.5 Å². The summed E-state index contributed by atoms with van der Waals surface area (Å²) < 4.78 is 10.7. The molecule has 9 nitrogen and oxygen atoms in total. The Hall–Kier alpha value is -3.14. The van der Waals surface area contributed by atoms with Crippen LogP contribution in [-0.4, -0.2) is 59.4 Å². The number of nitrogens with zero attached hydrogens (tertiary/aromatic N) is 3. The Balaban J connectivity index is 1.29. The number of aromatic nitrogens is 1. The number of urea groups is 1. The van der Waals surface area contributed by atoms with Gasteiger partial charge in [0.15, 0.2) is 16.6 Å². The highest BCUT2D eigenvalue weighted by Gasteiger charge is 2.47. The van der Waals surface area contributed by atoms with Gasteiger partial charge in [-0.05, 0) is 36.1 Å². The Bertz CT molecular complexity index is 959. The van der Waals surface area contributed by atoms with Gasteiger partial charge >= 0.3 is 6.03 Å². The third kappa shape index (κ3) is 4.40. The lowest BCUT2D eigenvalue weighted by atomic mass is 9.94. The Morgan fingerprint density at radius 1 is 1.16 bits per heavy atom. The van der Waals surface area contributed by atoms with Crippen LogP contribution < -0.4 is 14.8 Å². The number of thiazole rings is 1. The molecule has 0 unspecified atom stereocenters. The lowest BCUT2D eigenvalue weighted by molar-refractivity contribution is -0.128. The topological polar surface area (TPSA) is 101 Å². The average molecular weight is 459 g/mol. The standard InChI is InChI=1S/C22H26N4O5S/c1-30-17-11-14-10-16-20(28)25(22(29)26(16)13-15(14)12-18(17)31-2)8-5-3-4-6-19(27)24-21-23-7-9-32-21/h7,9,11-12,16H,3-6,8,10,13H2,1-2H3,(H,23,24,27)/t16-/m1/s1. The molecule has 0 bridgehead atoms. The number of fused-ring (bicyclic) bond motifs is 2. The molecule has 1 fully saturated rings. The summed E-state index contributed by atoms with van der Waals surface area (Å²) >= 11 is 1.38. The highest BCUT2D eigenvalue weighted by molar-refractivity contribution is 7.13. The second-order valence-electron chi connectivity index (χ2n) is 7.79. The minimum Gasteiger partial charge on any atom is -0.493 e. The molecule has 0 aliphatic carbocycles. The van der Waals surface area contributed by atoms with E-state index in [1.807, 2.05) is 12.1 Å². The summed E-state index contributed by atoms with van der Waals surface area (Å²) in [6.07, 6.45) is 4.59. The van der Waals surface area contributed by atoms with Crippen molar-refractivity contribution < 1.29 is 23.9 Å². The minimum absolute atomic E-state index is 0.0750. The summed E-state index contributed by atoms with van der Waals surface area (Å²) in [4.78, 5) is 44.7. The zero-order chi connectivity index (χ0) is 22.7. The highest BCUT2D eigenvalue weighted by atomic mass is 32.1. The van der Waals surface area contributed by atoms with E-state index in [1.165, 1.54) is 16.2 Å². The summed E-state index contributed by atoms with van der Waals surface area (Å²) in [5.74, 6) is 0.997. The summed E-state index contributed by atoms with van der Waals surface area (Å²) in [5, 5.41) is 5.15. The van der Waals surface area contributed by atoms with Crippen LogP contribution >= 0.6 is 11.3 Å². The number of imide groups is 1. The fourth-order valence-corrected chi connectivity index (χ4v) is 4.71. The molecule has 4 amide bonds. The van der Waals surface area contributed by atoms with Crippen molar-refractivity contribution in [3.8, 4) is 11.5 Å². The number of hydrogen-bond acceptors (Lipinski definition) is 7. The quantitative estimate of drug-likeness (QED) is 0.458. The van der Waals surface area contributed by atoms with Crippen molar-refractivity contribution >= 4 is 34.3 Å². The number of methoxy groups -OCH3 is 2. The van der Waals surface area contributed by atoms with Gasteiger partial charge in [0.2, 0.25) is 5.91 Å². The molecule has 4 rings (SSSR count). The fourth-order valence-electron chi connectivity index (χ4n) is 4.17. The normalized spacial score (nSPS) is 17.2. The smallest absolute Gasteiger partial charge is 0.327 e. The van der Waals surface area contributed by atoms with E-state index in [-0.39, 0.29) is 17.8 Å². The van der Waals surface area contributed by atoms with Gasteiger partial charge in [-0.25, -0.2) is 9.78 Å². The molecular formula is C22H26N4O5S. The van der Waals surface area contributed by atoms with Crippen LogP contribution in [0.5, 0.6) is 11.5 Å². The maximum Gasteiger partial charge on any atom is 0.327 e. The van der Waals surface area contributed by atoms with Crippen LogP contribution in [0.2, 0.25) is 0 Å². The first-order chi connectivity index (χ1) is 15.5. The van der Waals surface area contributed by atoms with E-state index in [9.17, 15) is 14.4 Å². The summed E-state index contributed by atoms with van der Waals surface area (Å²) in [7, 11) is 3.15. The van der Waals surface area contributed by atoms with Gasteiger partial charge in [0.1, 0.15) is 6.04 Å². The van der Waals surface area contributed by atoms with Gasteiger partial charge in [0.25, 0.3) is 5.91 Å². The first-order valence-corrected chi connectivity index (χ1v) is 11.4. The van der Waals surface area contributed by atoms with Crippen LogP contribution in [-0.2, 0) is 22.6 Å².